The van der Waals surface area contributed by atoms with Crippen molar-refractivity contribution >= 4 is 27.1 Å². The number of hydrogen-bond donors (Lipinski definition) is 0. The summed E-state index contributed by atoms with van der Waals surface area (Å²) in [4.78, 5) is 4.57. The van der Waals surface area contributed by atoms with Crippen molar-refractivity contribution in [1.29, 1.82) is 5.26 Å². The van der Waals surface area contributed by atoms with Gasteiger partial charge in [0.2, 0.25) is 0 Å². The molecule has 98 valence electrons. The second kappa shape index (κ2) is 5.14. The second-order valence-electron chi connectivity index (χ2n) is 5.71. The molecule has 0 radical (unpaired) electrons. The minimum absolute atomic E-state index is 0.0164. The van der Waals surface area contributed by atoms with E-state index in [2.05, 4.69) is 50.9 Å². The molecule has 0 aliphatic carbocycles. The number of nitrogens with zero attached hydrogens (tertiary/aromatic N) is 2. The van der Waals surface area contributed by atoms with E-state index < -0.39 is 0 Å². The van der Waals surface area contributed by atoms with Gasteiger partial charge in [-0.2, -0.15) is 5.26 Å². The van der Waals surface area contributed by atoms with Crippen molar-refractivity contribution in [3.05, 3.63) is 34.8 Å². The standard InChI is InChI=1S/C16H18N2S/c1-5-11-6-7-13-14(8-11)19-15(18-13)12(10-17)9-16(2,3)4/h6-9H,5H2,1-4H3/b12-9+. The lowest BCUT2D eigenvalue weighted by Gasteiger charge is -2.11. The van der Waals surface area contributed by atoms with E-state index in [0.29, 0.717) is 5.57 Å². The molecule has 0 spiro atoms. The molecule has 19 heavy (non-hydrogen) atoms. The van der Waals surface area contributed by atoms with Gasteiger partial charge in [-0.3, -0.25) is 0 Å². The highest BCUT2D eigenvalue weighted by Gasteiger charge is 2.13. The first kappa shape index (κ1) is 13.8. The van der Waals surface area contributed by atoms with Crippen LogP contribution >= 0.6 is 11.3 Å². The number of nitriles is 1. The maximum Gasteiger partial charge on any atom is 0.134 e. The Hall–Kier alpha value is -1.66. The maximum absolute atomic E-state index is 9.32. The molecule has 0 fully saturated rings. The molecule has 0 N–H and O–H groups in total. The molecule has 0 aliphatic rings. The fourth-order valence-corrected chi connectivity index (χ4v) is 2.87. The van der Waals surface area contributed by atoms with Crippen LogP contribution in [0.4, 0.5) is 0 Å². The molecule has 0 atom stereocenters. The summed E-state index contributed by atoms with van der Waals surface area (Å²) >= 11 is 1.60. The topological polar surface area (TPSA) is 36.7 Å². The summed E-state index contributed by atoms with van der Waals surface area (Å²) in [5.41, 5.74) is 2.94. The first-order chi connectivity index (χ1) is 8.93. The molecular weight excluding hydrogens is 252 g/mol. The molecule has 0 saturated heterocycles. The number of allylic oxidation sites excluding steroid dienone is 2. The highest BCUT2D eigenvalue weighted by Crippen LogP contribution is 2.30. The Morgan fingerprint density at radius 3 is 2.74 bits per heavy atom. The van der Waals surface area contributed by atoms with Crippen LogP contribution in [0, 0.1) is 16.7 Å². The molecule has 0 saturated carbocycles. The van der Waals surface area contributed by atoms with Crippen LogP contribution in [-0.4, -0.2) is 4.98 Å². The Kier molecular flexibility index (Phi) is 3.73. The Morgan fingerprint density at radius 2 is 2.16 bits per heavy atom. The van der Waals surface area contributed by atoms with Crippen molar-refractivity contribution in [3.63, 3.8) is 0 Å². The number of benzene rings is 1. The fourth-order valence-electron chi connectivity index (χ4n) is 1.88. The van der Waals surface area contributed by atoms with Crippen LogP contribution in [0.5, 0.6) is 0 Å². The van der Waals surface area contributed by atoms with Gasteiger partial charge >= 0.3 is 0 Å². The zero-order valence-corrected chi connectivity index (χ0v) is 12.6. The van der Waals surface area contributed by atoms with E-state index in [1.165, 1.54) is 5.56 Å². The van der Waals surface area contributed by atoms with Crippen LogP contribution in [0.2, 0.25) is 0 Å². The largest absolute Gasteiger partial charge is 0.235 e. The zero-order chi connectivity index (χ0) is 14.0. The van der Waals surface area contributed by atoms with Gasteiger partial charge in [0.05, 0.1) is 15.8 Å². The predicted octanol–water partition coefficient (Wildman–Crippen LogP) is 4.81. The van der Waals surface area contributed by atoms with Gasteiger partial charge < -0.3 is 0 Å². The van der Waals surface area contributed by atoms with Crippen molar-refractivity contribution in [2.45, 2.75) is 34.1 Å². The average Bonchev–Trinajstić information content (AvgIpc) is 2.77. The van der Waals surface area contributed by atoms with Gasteiger partial charge in [-0.15, -0.1) is 11.3 Å². The average molecular weight is 270 g/mol. The lowest BCUT2D eigenvalue weighted by Crippen LogP contribution is -2.00. The molecule has 0 unspecified atom stereocenters. The maximum atomic E-state index is 9.32. The van der Waals surface area contributed by atoms with Crippen LogP contribution in [0.15, 0.2) is 24.3 Å². The monoisotopic (exact) mass is 270 g/mol. The van der Waals surface area contributed by atoms with E-state index in [1.807, 2.05) is 12.1 Å². The third-order valence-corrected chi connectivity index (χ3v) is 3.84. The van der Waals surface area contributed by atoms with Gasteiger partial charge in [0, 0.05) is 0 Å². The zero-order valence-electron chi connectivity index (χ0n) is 11.8. The number of fused-ring (bicyclic) bond motifs is 1. The fraction of sp³-hybridized carbons (Fsp3) is 0.375. The lowest BCUT2D eigenvalue weighted by atomic mass is 9.94. The van der Waals surface area contributed by atoms with Crippen molar-refractivity contribution in [2.24, 2.45) is 5.41 Å². The van der Waals surface area contributed by atoms with Gasteiger partial charge in [-0.05, 0) is 29.5 Å². The van der Waals surface area contributed by atoms with Crippen LogP contribution in [-0.2, 0) is 6.42 Å². The molecule has 0 aliphatic heterocycles. The molecule has 0 bridgehead atoms. The van der Waals surface area contributed by atoms with Crippen LogP contribution in [0.3, 0.4) is 0 Å². The Balaban J connectivity index is 2.51. The first-order valence-electron chi connectivity index (χ1n) is 6.46. The van der Waals surface area contributed by atoms with E-state index in [4.69, 9.17) is 0 Å². The van der Waals surface area contributed by atoms with E-state index in [9.17, 15) is 5.26 Å². The Bertz CT molecular complexity index is 666. The van der Waals surface area contributed by atoms with Gasteiger partial charge in [0.1, 0.15) is 11.1 Å². The SMILES string of the molecule is CCc1ccc2nc(/C(C#N)=C/C(C)(C)C)sc2c1. The molecule has 2 rings (SSSR count). The van der Waals surface area contributed by atoms with Crippen molar-refractivity contribution < 1.29 is 0 Å². The number of hydrogen-bond acceptors (Lipinski definition) is 3. The summed E-state index contributed by atoms with van der Waals surface area (Å²) in [7, 11) is 0. The first-order valence-corrected chi connectivity index (χ1v) is 7.27. The summed E-state index contributed by atoms with van der Waals surface area (Å²) in [5, 5.41) is 10.1. The summed E-state index contributed by atoms with van der Waals surface area (Å²) in [6, 6.07) is 8.59. The molecule has 0 amide bonds. The third-order valence-electron chi connectivity index (χ3n) is 2.79. The van der Waals surface area contributed by atoms with Crippen molar-refractivity contribution in [3.8, 4) is 6.07 Å². The van der Waals surface area contributed by atoms with Crippen LogP contribution < -0.4 is 0 Å². The van der Waals surface area contributed by atoms with Crippen molar-refractivity contribution in [2.75, 3.05) is 0 Å². The molecular formula is C16H18N2S. The van der Waals surface area contributed by atoms with E-state index in [-0.39, 0.29) is 5.41 Å². The predicted molar refractivity (Wildman–Crippen MR) is 82.0 cm³/mol. The Morgan fingerprint density at radius 1 is 1.42 bits per heavy atom. The molecule has 1 aromatic carbocycles. The summed E-state index contributed by atoms with van der Waals surface area (Å²) in [6.45, 7) is 8.41. The minimum atomic E-state index is -0.0164. The summed E-state index contributed by atoms with van der Waals surface area (Å²) in [5.74, 6) is 0. The smallest absolute Gasteiger partial charge is 0.134 e. The van der Waals surface area contributed by atoms with Gasteiger partial charge in [-0.25, -0.2) is 4.98 Å². The summed E-state index contributed by atoms with van der Waals surface area (Å²) in [6.07, 6.45) is 3.01. The van der Waals surface area contributed by atoms with Gasteiger partial charge in [0.15, 0.2) is 0 Å². The van der Waals surface area contributed by atoms with E-state index >= 15 is 0 Å². The molecule has 1 aromatic heterocycles. The molecule has 3 heteroatoms. The van der Waals surface area contributed by atoms with Crippen molar-refractivity contribution in [1.82, 2.24) is 4.98 Å². The number of thiazole rings is 1. The van der Waals surface area contributed by atoms with E-state index in [0.717, 1.165) is 21.6 Å². The molecule has 2 aromatic rings. The number of aryl methyl sites for hydroxylation is 1. The molecule has 2 nitrogen and oxygen atoms in total. The highest BCUT2D eigenvalue weighted by molar-refractivity contribution is 7.19. The van der Waals surface area contributed by atoms with Gasteiger partial charge in [-0.1, -0.05) is 39.8 Å². The molecule has 1 heterocycles. The normalized spacial score (nSPS) is 12.7. The number of rotatable bonds is 2. The lowest BCUT2D eigenvalue weighted by molar-refractivity contribution is 0.546. The van der Waals surface area contributed by atoms with Crippen LogP contribution in [0.25, 0.3) is 15.8 Å². The quantitative estimate of drug-likeness (QED) is 0.734. The third kappa shape index (κ3) is 3.21. The number of aromatic nitrogens is 1. The minimum Gasteiger partial charge on any atom is -0.235 e. The van der Waals surface area contributed by atoms with Crippen LogP contribution in [0.1, 0.15) is 38.3 Å². The Labute approximate surface area is 118 Å². The van der Waals surface area contributed by atoms with Gasteiger partial charge in [0.25, 0.3) is 0 Å². The highest BCUT2D eigenvalue weighted by atomic mass is 32.1. The van der Waals surface area contributed by atoms with E-state index in [1.54, 1.807) is 11.3 Å². The summed E-state index contributed by atoms with van der Waals surface area (Å²) < 4.78 is 1.16. The second-order valence-corrected chi connectivity index (χ2v) is 6.74.